The van der Waals surface area contributed by atoms with Gasteiger partial charge in [-0.05, 0) is 24.6 Å². The molecule has 2 aromatic heterocycles. The van der Waals surface area contributed by atoms with Gasteiger partial charge in [0.2, 0.25) is 0 Å². The van der Waals surface area contributed by atoms with E-state index in [-0.39, 0.29) is 29.9 Å². The molecular weight excluding hydrogens is 372 g/mol. The fourth-order valence-corrected chi connectivity index (χ4v) is 4.75. The van der Waals surface area contributed by atoms with E-state index in [2.05, 4.69) is 50.1 Å². The van der Waals surface area contributed by atoms with Gasteiger partial charge in [-0.3, -0.25) is 4.68 Å². The van der Waals surface area contributed by atoms with E-state index in [0.717, 1.165) is 12.1 Å². The molecular formula is C20H32N4O3Si. The second-order valence-electron chi connectivity index (χ2n) is 8.98. The minimum absolute atomic E-state index is 0.00471. The number of carbonyl (C=O) groups excluding carboxylic acids is 1. The summed E-state index contributed by atoms with van der Waals surface area (Å²) in [6, 6.07) is 1.98. The summed E-state index contributed by atoms with van der Waals surface area (Å²) in [5.74, 6) is 0. The van der Waals surface area contributed by atoms with Gasteiger partial charge in [0.05, 0.1) is 18.7 Å². The number of ether oxygens (including phenoxy) is 1. The molecule has 1 aliphatic heterocycles. The highest BCUT2D eigenvalue weighted by Crippen LogP contribution is 2.39. The van der Waals surface area contributed by atoms with Crippen LogP contribution < -0.4 is 0 Å². The number of aromatic nitrogens is 3. The third kappa shape index (κ3) is 4.17. The summed E-state index contributed by atoms with van der Waals surface area (Å²) in [5, 5.41) is 0.128. The minimum Gasteiger partial charge on any atom is -0.445 e. The molecule has 154 valence electrons. The van der Waals surface area contributed by atoms with Crippen molar-refractivity contribution in [1.82, 2.24) is 19.1 Å². The lowest BCUT2D eigenvalue weighted by atomic mass is 10.2. The summed E-state index contributed by atoms with van der Waals surface area (Å²) in [4.78, 5) is 18.8. The summed E-state index contributed by atoms with van der Waals surface area (Å²) < 4.78 is 16.0. The Morgan fingerprint density at radius 2 is 2.14 bits per heavy atom. The van der Waals surface area contributed by atoms with Crippen LogP contribution in [0.2, 0.25) is 18.1 Å². The second-order valence-corrected chi connectivity index (χ2v) is 13.7. The van der Waals surface area contributed by atoms with E-state index in [0.29, 0.717) is 13.1 Å². The highest BCUT2D eigenvalue weighted by molar-refractivity contribution is 6.74. The summed E-state index contributed by atoms with van der Waals surface area (Å²) in [6.07, 6.45) is 7.81. The van der Waals surface area contributed by atoms with Crippen LogP contribution in [-0.4, -0.2) is 58.8 Å². The first-order valence-electron chi connectivity index (χ1n) is 9.83. The van der Waals surface area contributed by atoms with Gasteiger partial charge < -0.3 is 14.1 Å². The van der Waals surface area contributed by atoms with Crippen LogP contribution in [0.3, 0.4) is 0 Å². The largest absolute Gasteiger partial charge is 0.445 e. The zero-order valence-electron chi connectivity index (χ0n) is 17.6. The Morgan fingerprint density at radius 3 is 2.82 bits per heavy atom. The van der Waals surface area contributed by atoms with Gasteiger partial charge in [0.15, 0.2) is 14.0 Å². The molecule has 0 bridgehead atoms. The van der Waals surface area contributed by atoms with E-state index in [4.69, 9.17) is 9.16 Å². The molecule has 2 atom stereocenters. The molecule has 0 N–H and O–H groups in total. The SMILES string of the molecule is C=CCOC(=O)N1C[C@H](O[Si](C)(C)C(C)(C)C)C[C@H]1Cn1ccc2nccn21. The molecule has 8 heteroatoms. The molecule has 28 heavy (non-hydrogen) atoms. The average molecular weight is 405 g/mol. The Morgan fingerprint density at radius 1 is 1.39 bits per heavy atom. The van der Waals surface area contributed by atoms with Crippen molar-refractivity contribution >= 4 is 20.1 Å². The van der Waals surface area contributed by atoms with Gasteiger partial charge in [0.1, 0.15) is 6.61 Å². The molecule has 7 nitrogen and oxygen atoms in total. The van der Waals surface area contributed by atoms with Crippen LogP contribution in [0.25, 0.3) is 5.65 Å². The summed E-state index contributed by atoms with van der Waals surface area (Å²) >= 11 is 0. The minimum atomic E-state index is -1.92. The maximum absolute atomic E-state index is 12.6. The summed E-state index contributed by atoms with van der Waals surface area (Å²) in [6.45, 7) is 16.3. The molecule has 0 aromatic carbocycles. The molecule has 1 amide bonds. The maximum atomic E-state index is 12.6. The predicted octanol–water partition coefficient (Wildman–Crippen LogP) is 3.92. The molecule has 1 aliphatic rings. The zero-order valence-corrected chi connectivity index (χ0v) is 18.6. The van der Waals surface area contributed by atoms with Crippen LogP contribution in [0.5, 0.6) is 0 Å². The van der Waals surface area contributed by atoms with Crippen molar-refractivity contribution < 1.29 is 14.0 Å². The van der Waals surface area contributed by atoms with E-state index in [9.17, 15) is 4.79 Å². The number of nitrogens with zero attached hydrogens (tertiary/aromatic N) is 4. The number of amides is 1. The van der Waals surface area contributed by atoms with E-state index < -0.39 is 8.32 Å². The standard InChI is InChI=1S/C20H32N4O3Si/c1-7-12-26-19(25)23-15-17(27-28(5,6)20(2,3)4)13-16(23)14-22-10-8-18-21-9-11-24(18)22/h7-11,16-17H,1,12-15H2,2-6H3/t16-,17+/m0/s1. The average Bonchev–Trinajstić information content (AvgIpc) is 3.29. The van der Waals surface area contributed by atoms with Crippen LogP contribution >= 0.6 is 0 Å². The Balaban J connectivity index is 1.77. The zero-order chi connectivity index (χ0) is 20.5. The van der Waals surface area contributed by atoms with Crippen LogP contribution in [0.4, 0.5) is 4.79 Å². The molecule has 1 saturated heterocycles. The fraction of sp³-hybridized carbons (Fsp3) is 0.600. The number of carbonyl (C=O) groups is 1. The predicted molar refractivity (Wildman–Crippen MR) is 112 cm³/mol. The number of fused-ring (bicyclic) bond motifs is 1. The van der Waals surface area contributed by atoms with E-state index in [1.54, 1.807) is 12.3 Å². The fourth-order valence-electron chi connectivity index (χ4n) is 3.40. The van der Waals surface area contributed by atoms with Crippen molar-refractivity contribution in [3.8, 4) is 0 Å². The molecule has 0 unspecified atom stereocenters. The quantitative estimate of drug-likeness (QED) is 0.541. The van der Waals surface area contributed by atoms with Crippen molar-refractivity contribution in [3.63, 3.8) is 0 Å². The topological polar surface area (TPSA) is 61.0 Å². The van der Waals surface area contributed by atoms with Gasteiger partial charge >= 0.3 is 6.09 Å². The first-order valence-corrected chi connectivity index (χ1v) is 12.7. The maximum Gasteiger partial charge on any atom is 0.410 e. The number of rotatable bonds is 6. The van der Waals surface area contributed by atoms with Crippen molar-refractivity contribution in [2.24, 2.45) is 0 Å². The van der Waals surface area contributed by atoms with Crippen LogP contribution in [0.15, 0.2) is 37.3 Å². The smallest absolute Gasteiger partial charge is 0.410 e. The summed E-state index contributed by atoms with van der Waals surface area (Å²) in [5.41, 5.74) is 0.896. The van der Waals surface area contributed by atoms with Gasteiger partial charge in [-0.1, -0.05) is 33.4 Å². The molecule has 0 spiro atoms. The lowest BCUT2D eigenvalue weighted by molar-refractivity contribution is 0.0998. The molecule has 3 heterocycles. The number of hydrogen-bond acceptors (Lipinski definition) is 4. The van der Waals surface area contributed by atoms with Crippen molar-refractivity contribution in [1.29, 1.82) is 0 Å². The molecule has 0 radical (unpaired) electrons. The molecule has 1 fully saturated rings. The number of likely N-dealkylation sites (tertiary alicyclic amines) is 1. The van der Waals surface area contributed by atoms with Gasteiger partial charge in [-0.15, -0.1) is 0 Å². The lowest BCUT2D eigenvalue weighted by Gasteiger charge is -2.38. The van der Waals surface area contributed by atoms with Crippen molar-refractivity contribution in [2.45, 2.75) is 64.0 Å². The first kappa shape index (κ1) is 20.7. The Kier molecular flexibility index (Phi) is 5.72. The van der Waals surface area contributed by atoms with E-state index in [1.165, 1.54) is 0 Å². The van der Waals surface area contributed by atoms with Crippen LogP contribution in [-0.2, 0) is 15.7 Å². The molecule has 2 aromatic rings. The van der Waals surface area contributed by atoms with Crippen LogP contribution in [0.1, 0.15) is 27.2 Å². The number of hydrogen-bond donors (Lipinski definition) is 0. The third-order valence-corrected chi connectivity index (χ3v) is 10.5. The first-order chi connectivity index (χ1) is 13.1. The Bertz CT molecular complexity index is 836. The monoisotopic (exact) mass is 404 g/mol. The van der Waals surface area contributed by atoms with Crippen molar-refractivity contribution in [3.05, 3.63) is 37.3 Å². The molecule has 0 aliphatic carbocycles. The van der Waals surface area contributed by atoms with E-state index in [1.807, 2.05) is 27.9 Å². The van der Waals surface area contributed by atoms with Gasteiger partial charge in [0, 0.05) is 31.2 Å². The van der Waals surface area contributed by atoms with Gasteiger partial charge in [-0.25, -0.2) is 14.3 Å². The van der Waals surface area contributed by atoms with E-state index >= 15 is 0 Å². The number of imidazole rings is 1. The highest BCUT2D eigenvalue weighted by Gasteiger charge is 2.44. The lowest BCUT2D eigenvalue weighted by Crippen LogP contribution is -2.45. The van der Waals surface area contributed by atoms with Gasteiger partial charge in [0.25, 0.3) is 0 Å². The summed E-state index contributed by atoms with van der Waals surface area (Å²) in [7, 11) is -1.92. The second kappa shape index (κ2) is 7.75. The Hall–Kier alpha value is -2.06. The van der Waals surface area contributed by atoms with Gasteiger partial charge in [-0.2, -0.15) is 0 Å². The third-order valence-electron chi connectivity index (χ3n) is 5.92. The highest BCUT2D eigenvalue weighted by atomic mass is 28.4. The normalized spacial score (nSPS) is 20.7. The van der Waals surface area contributed by atoms with Crippen molar-refractivity contribution in [2.75, 3.05) is 13.2 Å². The molecule has 0 saturated carbocycles. The molecule has 3 rings (SSSR count). The van der Waals surface area contributed by atoms with Crippen LogP contribution in [0, 0.1) is 0 Å². The Labute approximate surface area is 168 Å².